The quantitative estimate of drug-likeness (QED) is 0.0342. The lowest BCUT2D eigenvalue weighted by Gasteiger charge is -2.30. The number of carbonyl (C=O) groups is 5. The van der Waals surface area contributed by atoms with E-state index in [4.69, 9.17) is 33.2 Å². The van der Waals surface area contributed by atoms with E-state index in [1.54, 1.807) is 37.3 Å². The SMILES string of the molecule is CC#CCOc1ccc(C[C@H](NC(=O)[C@@H](/C=C/CCCCCCC(=O)CCCCCCC)[C@@](O)(CC(=O)OCCOCCOC)C(=O)O)C(=O)OCCOCCOC)cc1. The molecule has 1 amide bonds. The van der Waals surface area contributed by atoms with E-state index in [9.17, 15) is 34.2 Å². The summed E-state index contributed by atoms with van der Waals surface area (Å²) in [6.07, 6.45) is 11.7. The third-order valence-electron chi connectivity index (χ3n) is 9.32. The number of allylic oxidation sites excluding steroid dienone is 1. The zero-order valence-corrected chi connectivity index (χ0v) is 36.2. The summed E-state index contributed by atoms with van der Waals surface area (Å²) < 4.78 is 36.7. The summed E-state index contributed by atoms with van der Waals surface area (Å²) in [6, 6.07) is 5.41. The molecule has 3 atom stereocenters. The molecule has 60 heavy (non-hydrogen) atoms. The Morgan fingerprint density at radius 3 is 1.95 bits per heavy atom. The highest BCUT2D eigenvalue weighted by molar-refractivity contribution is 5.95. The molecule has 0 fully saturated rings. The molecule has 0 saturated carbocycles. The average Bonchev–Trinajstić information content (AvgIpc) is 3.22. The summed E-state index contributed by atoms with van der Waals surface area (Å²) >= 11 is 0. The highest BCUT2D eigenvalue weighted by Gasteiger charge is 2.49. The van der Waals surface area contributed by atoms with E-state index in [0.717, 1.165) is 44.9 Å². The number of ether oxygens (including phenoxy) is 7. The first-order valence-corrected chi connectivity index (χ1v) is 21.0. The Morgan fingerprint density at radius 1 is 0.783 bits per heavy atom. The second-order valence-electron chi connectivity index (χ2n) is 14.2. The first-order chi connectivity index (χ1) is 29.0. The molecule has 15 heteroatoms. The van der Waals surface area contributed by atoms with Gasteiger partial charge in [-0.1, -0.05) is 75.7 Å². The predicted octanol–water partition coefficient (Wildman–Crippen LogP) is 5.18. The number of aliphatic hydroxyl groups is 1. The smallest absolute Gasteiger partial charge is 0.337 e. The average molecular weight is 848 g/mol. The standard InChI is InChI=1S/C45H69NO14/c1-5-7-9-12-15-18-37(47)19-16-13-10-11-14-17-20-39(45(53,44(51)52)35-41(48)59-32-30-56-28-26-54-3)42(49)46-40(43(50)60-33-31-57-29-27-55-4)34-36-21-23-38(24-22-36)58-25-8-6-2/h17,20-24,39-40,53H,5,7,9-16,18-19,25-35H2,1-4H3,(H,46,49)(H,51,52)/b20-17+/t39-,40+,45+/m1/s1. The van der Waals surface area contributed by atoms with E-state index in [0.29, 0.717) is 50.2 Å². The van der Waals surface area contributed by atoms with Crippen LogP contribution in [0.2, 0.25) is 0 Å². The maximum absolute atomic E-state index is 14.1. The van der Waals surface area contributed by atoms with Crippen LogP contribution in [0.4, 0.5) is 0 Å². The van der Waals surface area contributed by atoms with Gasteiger partial charge in [0.2, 0.25) is 5.91 Å². The summed E-state index contributed by atoms with van der Waals surface area (Å²) in [5.74, 6) is -0.264. The van der Waals surface area contributed by atoms with Gasteiger partial charge in [0.1, 0.15) is 37.4 Å². The van der Waals surface area contributed by atoms with Crippen LogP contribution in [0.15, 0.2) is 36.4 Å². The fourth-order valence-electron chi connectivity index (χ4n) is 5.88. The number of rotatable bonds is 37. The molecule has 0 radical (unpaired) electrons. The van der Waals surface area contributed by atoms with Crippen molar-refractivity contribution >= 4 is 29.6 Å². The third-order valence-corrected chi connectivity index (χ3v) is 9.32. The Kier molecular flexibility index (Phi) is 30.8. The van der Waals surface area contributed by atoms with Gasteiger partial charge in [0.05, 0.1) is 52.0 Å². The molecule has 0 bridgehead atoms. The van der Waals surface area contributed by atoms with Crippen LogP contribution in [0.5, 0.6) is 5.75 Å². The minimum absolute atomic E-state index is 0.00121. The van der Waals surface area contributed by atoms with Gasteiger partial charge in [-0.15, -0.1) is 5.92 Å². The van der Waals surface area contributed by atoms with E-state index >= 15 is 0 Å². The molecule has 1 rings (SSSR count). The molecule has 338 valence electrons. The summed E-state index contributed by atoms with van der Waals surface area (Å²) in [4.78, 5) is 65.4. The normalized spacial score (nSPS) is 13.1. The van der Waals surface area contributed by atoms with Gasteiger partial charge in [-0.05, 0) is 50.3 Å². The largest absolute Gasteiger partial charge is 0.481 e. The maximum Gasteiger partial charge on any atom is 0.337 e. The van der Waals surface area contributed by atoms with Crippen molar-refractivity contribution in [1.82, 2.24) is 5.32 Å². The number of carbonyl (C=O) groups excluding carboxylic acids is 4. The van der Waals surface area contributed by atoms with Crippen LogP contribution in [0.3, 0.4) is 0 Å². The van der Waals surface area contributed by atoms with Crippen LogP contribution in [0.1, 0.15) is 103 Å². The summed E-state index contributed by atoms with van der Waals surface area (Å²) in [5.41, 5.74) is -2.36. The molecule has 0 aromatic heterocycles. The lowest BCUT2D eigenvalue weighted by molar-refractivity contribution is -0.174. The first kappa shape index (κ1) is 53.7. The number of esters is 2. The highest BCUT2D eigenvalue weighted by atomic mass is 16.6. The van der Waals surface area contributed by atoms with Gasteiger partial charge in [0.25, 0.3) is 0 Å². The molecule has 3 N–H and O–H groups in total. The van der Waals surface area contributed by atoms with Crippen LogP contribution in [-0.4, -0.2) is 125 Å². The monoisotopic (exact) mass is 847 g/mol. The summed E-state index contributed by atoms with van der Waals surface area (Å²) in [7, 11) is 3.03. The number of carboxylic acid groups (broad SMARTS) is 1. The van der Waals surface area contributed by atoms with E-state index in [1.807, 2.05) is 0 Å². The number of unbranched alkanes of at least 4 members (excludes halogenated alkanes) is 8. The number of Topliss-reactive ketones (excluding diaryl/α,β-unsaturated/α-hetero) is 1. The molecule has 0 unspecified atom stereocenters. The van der Waals surface area contributed by atoms with Gasteiger partial charge >= 0.3 is 17.9 Å². The zero-order valence-electron chi connectivity index (χ0n) is 36.2. The van der Waals surface area contributed by atoms with Crippen LogP contribution < -0.4 is 10.1 Å². The van der Waals surface area contributed by atoms with Crippen molar-refractivity contribution in [2.24, 2.45) is 5.92 Å². The maximum atomic E-state index is 14.1. The number of methoxy groups -OCH3 is 2. The molecule has 0 heterocycles. The first-order valence-electron chi connectivity index (χ1n) is 21.0. The second-order valence-corrected chi connectivity index (χ2v) is 14.2. The number of aliphatic carboxylic acids is 1. The molecule has 0 aliphatic carbocycles. The molecule has 15 nitrogen and oxygen atoms in total. The fraction of sp³-hybridized carbons (Fsp3) is 0.667. The lowest BCUT2D eigenvalue weighted by atomic mass is 9.82. The molecule has 0 saturated heterocycles. The highest BCUT2D eigenvalue weighted by Crippen LogP contribution is 2.26. The Balaban J connectivity index is 3.19. The molecule has 0 spiro atoms. The van der Waals surface area contributed by atoms with Crippen molar-refractivity contribution in [3.05, 3.63) is 42.0 Å². The van der Waals surface area contributed by atoms with Gasteiger partial charge < -0.3 is 48.7 Å². The van der Waals surface area contributed by atoms with Gasteiger partial charge in [-0.2, -0.15) is 0 Å². The summed E-state index contributed by atoms with van der Waals surface area (Å²) in [5, 5.41) is 24.5. The molecule has 1 aromatic rings. The van der Waals surface area contributed by atoms with Crippen molar-refractivity contribution in [3.8, 4) is 17.6 Å². The van der Waals surface area contributed by atoms with Crippen LogP contribution in [-0.2, 0) is 58.8 Å². The van der Waals surface area contributed by atoms with Crippen LogP contribution in [0.25, 0.3) is 0 Å². The van der Waals surface area contributed by atoms with Crippen molar-refractivity contribution in [3.63, 3.8) is 0 Å². The van der Waals surface area contributed by atoms with E-state index < -0.39 is 47.8 Å². The van der Waals surface area contributed by atoms with E-state index in [2.05, 4.69) is 24.1 Å². The van der Waals surface area contributed by atoms with Gasteiger partial charge in [0.15, 0.2) is 5.60 Å². The number of ketones is 1. The topological polar surface area (TPSA) is 202 Å². The Labute approximate surface area is 356 Å². The van der Waals surface area contributed by atoms with Gasteiger partial charge in [-0.25, -0.2) is 9.59 Å². The Morgan fingerprint density at radius 2 is 1.37 bits per heavy atom. The third kappa shape index (κ3) is 24.7. The number of nitrogens with one attached hydrogen (secondary N) is 1. The Bertz CT molecular complexity index is 1450. The van der Waals surface area contributed by atoms with Crippen molar-refractivity contribution in [2.45, 2.75) is 115 Å². The number of hydrogen-bond acceptors (Lipinski definition) is 13. The molecule has 0 aliphatic rings. The van der Waals surface area contributed by atoms with E-state index in [1.165, 1.54) is 26.7 Å². The summed E-state index contributed by atoms with van der Waals surface area (Å²) in [6.45, 7) is 4.90. The van der Waals surface area contributed by atoms with Gasteiger partial charge in [0, 0.05) is 33.5 Å². The minimum Gasteiger partial charge on any atom is -0.481 e. The number of amides is 1. The molecule has 1 aromatic carbocycles. The lowest BCUT2D eigenvalue weighted by Crippen LogP contribution is -2.55. The van der Waals surface area contributed by atoms with Gasteiger partial charge in [-0.3, -0.25) is 14.4 Å². The predicted molar refractivity (Wildman–Crippen MR) is 224 cm³/mol. The molecule has 0 aliphatic heterocycles. The van der Waals surface area contributed by atoms with E-state index in [-0.39, 0.29) is 58.5 Å². The molecular weight excluding hydrogens is 778 g/mol. The fourth-order valence-corrected chi connectivity index (χ4v) is 5.88. The second kappa shape index (κ2) is 34.4. The van der Waals surface area contributed by atoms with Crippen molar-refractivity contribution < 1.29 is 67.3 Å². The van der Waals surface area contributed by atoms with Crippen LogP contribution >= 0.6 is 0 Å². The van der Waals surface area contributed by atoms with Crippen LogP contribution in [0, 0.1) is 17.8 Å². The number of benzene rings is 1. The minimum atomic E-state index is -2.96. The zero-order chi connectivity index (χ0) is 44.3. The van der Waals surface area contributed by atoms with Crippen molar-refractivity contribution in [2.75, 3.05) is 73.7 Å². The van der Waals surface area contributed by atoms with Crippen molar-refractivity contribution in [1.29, 1.82) is 0 Å². The Hall–Kier alpha value is -4.33. The number of hydrogen-bond donors (Lipinski definition) is 3. The number of carboxylic acids is 1. The molecular formula is C45H69NO14.